The maximum atomic E-state index is 3.76. The molecular formula is C32H19Br. The van der Waals surface area contributed by atoms with E-state index < -0.39 is 0 Å². The normalized spacial score (nSPS) is 11.8. The van der Waals surface area contributed by atoms with E-state index in [2.05, 4.69) is 131 Å². The van der Waals surface area contributed by atoms with Crippen LogP contribution in [0.25, 0.3) is 65.3 Å². The molecule has 0 aliphatic heterocycles. The van der Waals surface area contributed by atoms with E-state index in [4.69, 9.17) is 0 Å². The summed E-state index contributed by atoms with van der Waals surface area (Å²) in [6.07, 6.45) is 0. The summed E-state index contributed by atoms with van der Waals surface area (Å²) >= 11 is 3.76. The first-order chi connectivity index (χ1) is 16.3. The fourth-order valence-electron chi connectivity index (χ4n) is 5.25. The van der Waals surface area contributed by atoms with Gasteiger partial charge >= 0.3 is 0 Å². The van der Waals surface area contributed by atoms with Crippen molar-refractivity contribution in [3.63, 3.8) is 0 Å². The Kier molecular flexibility index (Phi) is 4.09. The number of rotatable bonds is 2. The molecule has 0 radical (unpaired) electrons. The molecule has 0 saturated carbocycles. The Morgan fingerprint density at radius 1 is 0.394 bits per heavy atom. The second kappa shape index (κ2) is 7.16. The van der Waals surface area contributed by atoms with Gasteiger partial charge in [0.2, 0.25) is 0 Å². The zero-order valence-electron chi connectivity index (χ0n) is 17.8. The van der Waals surface area contributed by atoms with Crippen LogP contribution in [0.3, 0.4) is 0 Å². The molecule has 33 heavy (non-hydrogen) atoms. The molecule has 0 spiro atoms. The van der Waals surface area contributed by atoms with Crippen molar-refractivity contribution >= 4 is 59.0 Å². The van der Waals surface area contributed by atoms with E-state index in [1.807, 2.05) is 0 Å². The van der Waals surface area contributed by atoms with Gasteiger partial charge in [0.1, 0.15) is 0 Å². The van der Waals surface area contributed by atoms with E-state index in [1.54, 1.807) is 0 Å². The molecule has 0 fully saturated rings. The van der Waals surface area contributed by atoms with Crippen molar-refractivity contribution in [2.45, 2.75) is 0 Å². The molecule has 0 nitrogen and oxygen atoms in total. The molecule has 0 aliphatic carbocycles. The highest BCUT2D eigenvalue weighted by Gasteiger charge is 2.13. The summed E-state index contributed by atoms with van der Waals surface area (Å²) in [6, 6.07) is 42.1. The number of hydrogen-bond acceptors (Lipinski definition) is 0. The Morgan fingerprint density at radius 2 is 1.03 bits per heavy atom. The standard InChI is InChI=1S/C32H19Br/c33-30-17-13-22-11-15-28-27(14-10-21-12-16-29(30)32(22)31(21)28)26-7-3-6-24(19-26)25-9-8-20-4-1-2-5-23(20)18-25/h1-19H. The van der Waals surface area contributed by atoms with Crippen LogP contribution in [0.5, 0.6) is 0 Å². The maximum Gasteiger partial charge on any atom is 0.0254 e. The molecule has 1 heteroatoms. The molecule has 7 rings (SSSR count). The van der Waals surface area contributed by atoms with E-state index in [0.29, 0.717) is 0 Å². The largest absolute Gasteiger partial charge is 0.0616 e. The lowest BCUT2D eigenvalue weighted by Crippen LogP contribution is -1.88. The predicted molar refractivity (Wildman–Crippen MR) is 146 cm³/mol. The number of hydrogen-bond donors (Lipinski definition) is 0. The van der Waals surface area contributed by atoms with Crippen LogP contribution in [-0.4, -0.2) is 0 Å². The summed E-state index contributed by atoms with van der Waals surface area (Å²) in [5.74, 6) is 0. The van der Waals surface area contributed by atoms with Crippen LogP contribution in [0.4, 0.5) is 0 Å². The van der Waals surface area contributed by atoms with Crippen molar-refractivity contribution in [1.82, 2.24) is 0 Å². The number of fused-ring (bicyclic) bond motifs is 1. The highest BCUT2D eigenvalue weighted by molar-refractivity contribution is 9.10. The molecule has 0 heterocycles. The molecule has 0 atom stereocenters. The van der Waals surface area contributed by atoms with Crippen LogP contribution in [-0.2, 0) is 0 Å². The Bertz CT molecular complexity index is 1830. The predicted octanol–water partition coefficient (Wildman–Crippen LogP) is 9.83. The van der Waals surface area contributed by atoms with Gasteiger partial charge in [-0.05, 0) is 83.5 Å². The van der Waals surface area contributed by atoms with Gasteiger partial charge in [-0.25, -0.2) is 0 Å². The third kappa shape index (κ3) is 2.90. The van der Waals surface area contributed by atoms with Gasteiger partial charge in [0.05, 0.1) is 0 Å². The zero-order chi connectivity index (χ0) is 21.9. The minimum Gasteiger partial charge on any atom is -0.0616 e. The Balaban J connectivity index is 1.46. The van der Waals surface area contributed by atoms with Gasteiger partial charge in [-0.1, -0.05) is 113 Å². The molecule has 154 valence electrons. The summed E-state index contributed by atoms with van der Waals surface area (Å²) < 4.78 is 1.15. The second-order valence-electron chi connectivity index (χ2n) is 8.73. The van der Waals surface area contributed by atoms with Crippen LogP contribution in [0.1, 0.15) is 0 Å². The summed E-state index contributed by atoms with van der Waals surface area (Å²) in [4.78, 5) is 0. The lowest BCUT2D eigenvalue weighted by molar-refractivity contribution is 1.62. The van der Waals surface area contributed by atoms with Crippen molar-refractivity contribution in [3.05, 3.63) is 120 Å². The molecule has 0 aromatic heterocycles. The Hall–Kier alpha value is -3.68. The third-order valence-electron chi connectivity index (χ3n) is 6.87. The fourth-order valence-corrected chi connectivity index (χ4v) is 5.71. The molecule has 7 aromatic rings. The maximum absolute atomic E-state index is 3.76. The quantitative estimate of drug-likeness (QED) is 0.215. The van der Waals surface area contributed by atoms with Crippen molar-refractivity contribution < 1.29 is 0 Å². The smallest absolute Gasteiger partial charge is 0.0254 e. The highest BCUT2D eigenvalue weighted by atomic mass is 79.9. The lowest BCUT2D eigenvalue weighted by Gasteiger charge is -2.15. The highest BCUT2D eigenvalue weighted by Crippen LogP contribution is 2.41. The van der Waals surface area contributed by atoms with E-state index in [0.717, 1.165) is 4.47 Å². The molecule has 0 saturated heterocycles. The summed E-state index contributed by atoms with van der Waals surface area (Å²) in [5, 5.41) is 10.4. The first-order valence-electron chi connectivity index (χ1n) is 11.2. The lowest BCUT2D eigenvalue weighted by atomic mass is 9.89. The van der Waals surface area contributed by atoms with Crippen LogP contribution in [0.2, 0.25) is 0 Å². The molecule has 0 unspecified atom stereocenters. The van der Waals surface area contributed by atoms with Crippen molar-refractivity contribution in [2.24, 2.45) is 0 Å². The molecular weight excluding hydrogens is 464 g/mol. The second-order valence-corrected chi connectivity index (χ2v) is 9.58. The summed E-state index contributed by atoms with van der Waals surface area (Å²) in [7, 11) is 0. The van der Waals surface area contributed by atoms with Gasteiger partial charge in [-0.2, -0.15) is 0 Å². The molecule has 0 amide bonds. The van der Waals surface area contributed by atoms with Crippen molar-refractivity contribution in [1.29, 1.82) is 0 Å². The van der Waals surface area contributed by atoms with Gasteiger partial charge < -0.3 is 0 Å². The van der Waals surface area contributed by atoms with Crippen LogP contribution >= 0.6 is 15.9 Å². The molecule has 0 aliphatic rings. The monoisotopic (exact) mass is 482 g/mol. The first kappa shape index (κ1) is 18.8. The zero-order valence-corrected chi connectivity index (χ0v) is 19.4. The SMILES string of the molecule is Brc1ccc2ccc3c(-c4cccc(-c5ccc6ccccc6c5)c4)ccc4ccc1c2c43. The number of halogens is 1. The Morgan fingerprint density at radius 3 is 1.91 bits per heavy atom. The van der Waals surface area contributed by atoms with Gasteiger partial charge in [0, 0.05) is 4.47 Å². The van der Waals surface area contributed by atoms with E-state index in [1.165, 1.54) is 65.3 Å². The van der Waals surface area contributed by atoms with E-state index in [9.17, 15) is 0 Å². The van der Waals surface area contributed by atoms with Crippen LogP contribution in [0.15, 0.2) is 120 Å². The summed E-state index contributed by atoms with van der Waals surface area (Å²) in [6.45, 7) is 0. The van der Waals surface area contributed by atoms with Gasteiger partial charge in [0.15, 0.2) is 0 Å². The van der Waals surface area contributed by atoms with E-state index >= 15 is 0 Å². The van der Waals surface area contributed by atoms with Gasteiger partial charge in [0.25, 0.3) is 0 Å². The molecule has 0 bridgehead atoms. The summed E-state index contributed by atoms with van der Waals surface area (Å²) in [5.41, 5.74) is 5.01. The topological polar surface area (TPSA) is 0 Å². The van der Waals surface area contributed by atoms with Crippen molar-refractivity contribution in [3.8, 4) is 22.3 Å². The van der Waals surface area contributed by atoms with Gasteiger partial charge in [-0.3, -0.25) is 0 Å². The molecule has 0 N–H and O–H groups in total. The first-order valence-corrected chi connectivity index (χ1v) is 12.0. The van der Waals surface area contributed by atoms with Gasteiger partial charge in [-0.15, -0.1) is 0 Å². The third-order valence-corrected chi connectivity index (χ3v) is 7.56. The van der Waals surface area contributed by atoms with Crippen LogP contribution in [0, 0.1) is 0 Å². The number of benzene rings is 7. The molecule has 7 aromatic carbocycles. The Labute approximate surface area is 200 Å². The van der Waals surface area contributed by atoms with Crippen molar-refractivity contribution in [2.75, 3.05) is 0 Å². The average Bonchev–Trinajstić information content (AvgIpc) is 2.88. The minimum absolute atomic E-state index is 1.15. The van der Waals surface area contributed by atoms with E-state index in [-0.39, 0.29) is 0 Å². The average molecular weight is 483 g/mol. The van der Waals surface area contributed by atoms with Crippen LogP contribution < -0.4 is 0 Å². The fraction of sp³-hybridized carbons (Fsp3) is 0. The minimum atomic E-state index is 1.15.